The molecule has 0 amide bonds. The van der Waals surface area contributed by atoms with Crippen molar-refractivity contribution in [2.75, 3.05) is 0 Å². The number of hydrogen-bond donors (Lipinski definition) is 0. The Morgan fingerprint density at radius 1 is 1.23 bits per heavy atom. The van der Waals surface area contributed by atoms with Gasteiger partial charge in [0, 0.05) is 18.9 Å². The lowest BCUT2D eigenvalue weighted by Crippen LogP contribution is -2.23. The molecule has 1 aliphatic carbocycles. The van der Waals surface area contributed by atoms with Crippen LogP contribution in [-0.4, -0.2) is 19.7 Å². The molecule has 3 atom stereocenters. The second-order valence-electron chi connectivity index (χ2n) is 6.59. The fourth-order valence-electron chi connectivity index (χ4n) is 3.73. The van der Waals surface area contributed by atoms with E-state index in [1.54, 1.807) is 23.2 Å². The molecule has 1 fully saturated rings. The Bertz CT molecular complexity index is 654. The third kappa shape index (κ3) is 3.26. The predicted octanol–water partition coefficient (Wildman–Crippen LogP) is 2.76. The molecule has 3 rings (SSSR count). The van der Waals surface area contributed by atoms with Gasteiger partial charge in [-0.1, -0.05) is 19.0 Å². The van der Waals surface area contributed by atoms with Crippen molar-refractivity contribution >= 4 is 0 Å². The molecule has 0 saturated heterocycles. The zero-order chi connectivity index (χ0) is 15.5. The van der Waals surface area contributed by atoms with Crippen molar-refractivity contribution in [1.29, 1.82) is 0 Å². The van der Waals surface area contributed by atoms with Gasteiger partial charge in [0.1, 0.15) is 5.69 Å². The summed E-state index contributed by atoms with van der Waals surface area (Å²) in [4.78, 5) is 20.1. The van der Waals surface area contributed by atoms with Gasteiger partial charge in [-0.25, -0.2) is 9.78 Å². The zero-order valence-electron chi connectivity index (χ0n) is 13.1. The summed E-state index contributed by atoms with van der Waals surface area (Å²) in [6.07, 6.45) is 9.55. The molecule has 0 aromatic carbocycles. The van der Waals surface area contributed by atoms with E-state index < -0.39 is 5.76 Å². The molecular formula is C16H22N4O2. The van der Waals surface area contributed by atoms with Crippen LogP contribution in [-0.2, 0) is 6.54 Å². The second kappa shape index (κ2) is 6.42. The summed E-state index contributed by atoms with van der Waals surface area (Å²) < 4.78 is 6.40. The van der Waals surface area contributed by atoms with Gasteiger partial charge >= 0.3 is 5.76 Å². The first-order valence-electron chi connectivity index (χ1n) is 7.96. The van der Waals surface area contributed by atoms with Gasteiger partial charge in [-0.3, -0.25) is 14.1 Å². The van der Waals surface area contributed by atoms with Crippen molar-refractivity contribution in [3.8, 4) is 11.5 Å². The van der Waals surface area contributed by atoms with Gasteiger partial charge in [-0.2, -0.15) is 0 Å². The van der Waals surface area contributed by atoms with E-state index in [0.29, 0.717) is 24.0 Å². The van der Waals surface area contributed by atoms with Crippen LogP contribution < -0.4 is 5.76 Å². The first-order valence-corrected chi connectivity index (χ1v) is 7.96. The quantitative estimate of drug-likeness (QED) is 0.868. The molecule has 1 aliphatic rings. The first-order chi connectivity index (χ1) is 10.6. The monoisotopic (exact) mass is 302 g/mol. The maximum absolute atomic E-state index is 11.9. The van der Waals surface area contributed by atoms with E-state index in [4.69, 9.17) is 4.52 Å². The van der Waals surface area contributed by atoms with Crippen molar-refractivity contribution in [2.45, 2.75) is 46.1 Å². The molecule has 118 valence electrons. The van der Waals surface area contributed by atoms with Crippen LogP contribution in [0.1, 0.15) is 39.5 Å². The zero-order valence-corrected chi connectivity index (χ0v) is 13.1. The highest BCUT2D eigenvalue weighted by Gasteiger charge is 2.24. The van der Waals surface area contributed by atoms with E-state index >= 15 is 0 Å². The molecule has 2 aromatic rings. The average Bonchev–Trinajstić information content (AvgIpc) is 2.86. The predicted molar refractivity (Wildman–Crippen MR) is 82.1 cm³/mol. The Morgan fingerprint density at radius 3 is 2.68 bits per heavy atom. The summed E-state index contributed by atoms with van der Waals surface area (Å²) in [5.74, 6) is 2.25. The van der Waals surface area contributed by atoms with Crippen LogP contribution in [0.15, 0.2) is 27.9 Å². The largest absolute Gasteiger partial charge is 0.441 e. The van der Waals surface area contributed by atoms with Crippen LogP contribution in [0, 0.1) is 17.8 Å². The van der Waals surface area contributed by atoms with Crippen molar-refractivity contribution in [3.63, 3.8) is 0 Å². The topological polar surface area (TPSA) is 73.8 Å². The fourth-order valence-corrected chi connectivity index (χ4v) is 3.73. The SMILES string of the molecule is C[C@@H]1CC(CCn2c(-c3cnccn3)noc2=O)C[C@H](C)C1. The molecule has 6 heteroatoms. The molecule has 2 heterocycles. The highest BCUT2D eigenvalue weighted by molar-refractivity contribution is 5.46. The van der Waals surface area contributed by atoms with Crippen LogP contribution >= 0.6 is 0 Å². The number of nitrogens with zero attached hydrogens (tertiary/aromatic N) is 4. The van der Waals surface area contributed by atoms with Crippen LogP contribution in [0.25, 0.3) is 11.5 Å². The Hall–Kier alpha value is -1.98. The van der Waals surface area contributed by atoms with Crippen LogP contribution in [0.5, 0.6) is 0 Å². The molecule has 22 heavy (non-hydrogen) atoms. The summed E-state index contributed by atoms with van der Waals surface area (Å²) in [6, 6.07) is 0. The van der Waals surface area contributed by atoms with Gasteiger partial charge in [0.05, 0.1) is 6.20 Å². The van der Waals surface area contributed by atoms with E-state index in [1.165, 1.54) is 19.3 Å². The van der Waals surface area contributed by atoms with Crippen molar-refractivity contribution in [1.82, 2.24) is 19.7 Å². The molecular weight excluding hydrogens is 280 g/mol. The summed E-state index contributed by atoms with van der Waals surface area (Å²) >= 11 is 0. The summed E-state index contributed by atoms with van der Waals surface area (Å²) in [5.41, 5.74) is 0.568. The third-order valence-corrected chi connectivity index (χ3v) is 4.52. The molecule has 6 nitrogen and oxygen atoms in total. The summed E-state index contributed by atoms with van der Waals surface area (Å²) in [5, 5.41) is 3.85. The number of aromatic nitrogens is 4. The minimum atomic E-state index is -0.419. The van der Waals surface area contributed by atoms with E-state index in [0.717, 1.165) is 18.3 Å². The summed E-state index contributed by atoms with van der Waals surface area (Å²) in [6.45, 7) is 5.26. The normalized spacial score (nSPS) is 25.3. The minimum absolute atomic E-state index is 0.419. The van der Waals surface area contributed by atoms with Crippen LogP contribution in [0.3, 0.4) is 0 Å². The molecule has 1 unspecified atom stereocenters. The van der Waals surface area contributed by atoms with Crippen molar-refractivity contribution in [2.24, 2.45) is 17.8 Å². The third-order valence-electron chi connectivity index (χ3n) is 4.52. The van der Waals surface area contributed by atoms with Gasteiger partial charge in [0.2, 0.25) is 5.82 Å². The molecule has 0 aliphatic heterocycles. The standard InChI is InChI=1S/C16H22N4O2/c1-11-7-12(2)9-13(8-11)3-6-20-15(19-22-16(20)21)14-10-17-4-5-18-14/h4-5,10-13H,3,6-9H2,1-2H3/t11-,12+,13?. The Morgan fingerprint density at radius 2 is 2.00 bits per heavy atom. The molecule has 0 radical (unpaired) electrons. The summed E-state index contributed by atoms with van der Waals surface area (Å²) in [7, 11) is 0. The van der Waals surface area contributed by atoms with E-state index in [-0.39, 0.29) is 0 Å². The Labute approximate surface area is 129 Å². The second-order valence-corrected chi connectivity index (χ2v) is 6.59. The number of rotatable bonds is 4. The smallest absolute Gasteiger partial charge is 0.295 e. The van der Waals surface area contributed by atoms with Gasteiger partial charge < -0.3 is 0 Å². The van der Waals surface area contributed by atoms with Crippen molar-refractivity contribution < 1.29 is 4.52 Å². The van der Waals surface area contributed by atoms with Crippen LogP contribution in [0.2, 0.25) is 0 Å². The molecule has 0 spiro atoms. The van der Waals surface area contributed by atoms with Gasteiger partial charge in [0.25, 0.3) is 0 Å². The van der Waals surface area contributed by atoms with Crippen molar-refractivity contribution in [3.05, 3.63) is 29.1 Å². The van der Waals surface area contributed by atoms with Gasteiger partial charge in [-0.15, -0.1) is 0 Å². The molecule has 2 aromatic heterocycles. The van der Waals surface area contributed by atoms with E-state index in [9.17, 15) is 4.79 Å². The fraction of sp³-hybridized carbons (Fsp3) is 0.625. The maximum Gasteiger partial charge on any atom is 0.441 e. The van der Waals surface area contributed by atoms with E-state index in [2.05, 4.69) is 29.0 Å². The Balaban J connectivity index is 1.73. The van der Waals surface area contributed by atoms with Crippen LogP contribution in [0.4, 0.5) is 0 Å². The number of hydrogen-bond acceptors (Lipinski definition) is 5. The highest BCUT2D eigenvalue weighted by atomic mass is 16.5. The molecule has 0 N–H and O–H groups in total. The molecule has 1 saturated carbocycles. The lowest BCUT2D eigenvalue weighted by Gasteiger charge is -2.31. The lowest BCUT2D eigenvalue weighted by atomic mass is 9.75. The highest BCUT2D eigenvalue weighted by Crippen LogP contribution is 2.34. The van der Waals surface area contributed by atoms with E-state index in [1.807, 2.05) is 0 Å². The van der Waals surface area contributed by atoms with Gasteiger partial charge in [-0.05, 0) is 43.4 Å². The lowest BCUT2D eigenvalue weighted by molar-refractivity contribution is 0.203. The Kier molecular flexibility index (Phi) is 4.36. The average molecular weight is 302 g/mol. The first kappa shape index (κ1) is 14.9. The molecule has 0 bridgehead atoms. The minimum Gasteiger partial charge on any atom is -0.295 e. The van der Waals surface area contributed by atoms with Gasteiger partial charge in [0.15, 0.2) is 0 Å². The maximum atomic E-state index is 11.9.